The first-order valence-corrected chi connectivity index (χ1v) is 4.86. The van der Waals surface area contributed by atoms with Crippen LogP contribution in [0.15, 0.2) is 12.1 Å². The molecule has 2 heterocycles. The molecular formula is C9H11ClN4O. The highest BCUT2D eigenvalue weighted by Crippen LogP contribution is 2.22. The Morgan fingerprint density at radius 1 is 1.53 bits per heavy atom. The van der Waals surface area contributed by atoms with Gasteiger partial charge < -0.3 is 10.5 Å². The summed E-state index contributed by atoms with van der Waals surface area (Å²) in [6, 6.07) is 3.29. The molecule has 6 heteroatoms. The predicted octanol–water partition coefficient (Wildman–Crippen LogP) is 1.41. The van der Waals surface area contributed by atoms with Gasteiger partial charge in [-0.1, -0.05) is 11.6 Å². The molecule has 0 aromatic carbocycles. The summed E-state index contributed by atoms with van der Waals surface area (Å²) in [5.41, 5.74) is 7.03. The Kier molecular flexibility index (Phi) is 2.50. The lowest BCUT2D eigenvalue weighted by Crippen LogP contribution is -2.05. The van der Waals surface area contributed by atoms with Gasteiger partial charge in [-0.25, -0.2) is 4.98 Å². The summed E-state index contributed by atoms with van der Waals surface area (Å²) >= 11 is 6.08. The fraction of sp³-hybridized carbons (Fsp3) is 0.333. The number of nitrogens with zero attached hydrogens (tertiary/aromatic N) is 3. The molecule has 2 aromatic heterocycles. The number of nitrogens with two attached hydrogens (primary N) is 1. The van der Waals surface area contributed by atoms with Crippen molar-refractivity contribution in [3.63, 3.8) is 0 Å². The normalized spacial score (nSPS) is 13.1. The van der Waals surface area contributed by atoms with Crippen molar-refractivity contribution < 1.29 is 4.74 Å². The van der Waals surface area contributed by atoms with Gasteiger partial charge in [0.1, 0.15) is 0 Å². The summed E-state index contributed by atoms with van der Waals surface area (Å²) in [5.74, 6) is 0.484. The topological polar surface area (TPSA) is 65.4 Å². The van der Waals surface area contributed by atoms with E-state index in [1.807, 2.05) is 6.92 Å². The molecule has 1 atom stereocenters. The standard InChI is InChI=1S/C9H11ClN4O/c1-5(11)8-9(10)14-6(12-8)3-4-7(13-14)15-2/h3-5H,11H2,1-2H3. The number of fused-ring (bicyclic) bond motifs is 1. The van der Waals surface area contributed by atoms with Gasteiger partial charge in [0.05, 0.1) is 12.8 Å². The van der Waals surface area contributed by atoms with Crippen molar-refractivity contribution in [3.05, 3.63) is 23.0 Å². The van der Waals surface area contributed by atoms with Crippen LogP contribution in [0.5, 0.6) is 5.88 Å². The van der Waals surface area contributed by atoms with E-state index in [9.17, 15) is 0 Å². The summed E-state index contributed by atoms with van der Waals surface area (Å²) in [7, 11) is 1.55. The average molecular weight is 227 g/mol. The van der Waals surface area contributed by atoms with Crippen LogP contribution in [0.4, 0.5) is 0 Å². The van der Waals surface area contributed by atoms with Crippen LogP contribution in [0.1, 0.15) is 18.7 Å². The summed E-state index contributed by atoms with van der Waals surface area (Å²) in [6.07, 6.45) is 0. The number of hydrogen-bond donors (Lipinski definition) is 1. The molecule has 2 N–H and O–H groups in total. The first-order chi connectivity index (χ1) is 7.13. The monoisotopic (exact) mass is 226 g/mol. The van der Waals surface area contributed by atoms with Crippen LogP contribution in [-0.2, 0) is 0 Å². The highest BCUT2D eigenvalue weighted by atomic mass is 35.5. The molecule has 2 aromatic rings. The molecule has 0 saturated heterocycles. The van der Waals surface area contributed by atoms with Crippen molar-refractivity contribution in [3.8, 4) is 5.88 Å². The van der Waals surface area contributed by atoms with E-state index in [0.717, 1.165) is 0 Å². The lowest BCUT2D eigenvalue weighted by molar-refractivity contribution is 0.390. The number of rotatable bonds is 2. The minimum absolute atomic E-state index is 0.217. The van der Waals surface area contributed by atoms with E-state index in [2.05, 4.69) is 10.1 Å². The van der Waals surface area contributed by atoms with E-state index in [1.54, 1.807) is 19.2 Å². The van der Waals surface area contributed by atoms with E-state index in [-0.39, 0.29) is 6.04 Å². The smallest absolute Gasteiger partial charge is 0.231 e. The van der Waals surface area contributed by atoms with Gasteiger partial charge in [0.2, 0.25) is 5.88 Å². The Morgan fingerprint density at radius 3 is 2.87 bits per heavy atom. The second-order valence-corrected chi connectivity index (χ2v) is 3.58. The van der Waals surface area contributed by atoms with Crippen LogP contribution >= 0.6 is 11.6 Å². The van der Waals surface area contributed by atoms with Crippen LogP contribution in [0.25, 0.3) is 5.65 Å². The predicted molar refractivity (Wildman–Crippen MR) is 57.2 cm³/mol. The lowest BCUT2D eigenvalue weighted by Gasteiger charge is -2.00. The molecule has 1 unspecified atom stereocenters. The Bertz CT molecular complexity index is 494. The fourth-order valence-electron chi connectivity index (χ4n) is 1.31. The number of methoxy groups -OCH3 is 1. The van der Waals surface area contributed by atoms with E-state index < -0.39 is 0 Å². The highest BCUT2D eigenvalue weighted by molar-refractivity contribution is 6.30. The average Bonchev–Trinajstić information content (AvgIpc) is 2.56. The number of halogens is 1. The maximum atomic E-state index is 6.08. The van der Waals surface area contributed by atoms with Crippen molar-refractivity contribution in [1.29, 1.82) is 0 Å². The molecule has 0 spiro atoms. The van der Waals surface area contributed by atoms with Gasteiger partial charge in [-0.3, -0.25) is 0 Å². The largest absolute Gasteiger partial charge is 0.480 e. The van der Waals surface area contributed by atoms with Crippen molar-refractivity contribution in [2.24, 2.45) is 5.73 Å². The van der Waals surface area contributed by atoms with Gasteiger partial charge in [0, 0.05) is 12.1 Å². The van der Waals surface area contributed by atoms with Crippen LogP contribution in [0.2, 0.25) is 5.15 Å². The molecule has 0 radical (unpaired) electrons. The van der Waals surface area contributed by atoms with Crippen molar-refractivity contribution in [2.45, 2.75) is 13.0 Å². The quantitative estimate of drug-likeness (QED) is 0.841. The van der Waals surface area contributed by atoms with E-state index >= 15 is 0 Å². The zero-order valence-electron chi connectivity index (χ0n) is 8.44. The third-order valence-electron chi connectivity index (χ3n) is 2.06. The molecule has 0 aliphatic rings. The Labute approximate surface area is 91.8 Å². The molecule has 0 amide bonds. The summed E-state index contributed by atoms with van der Waals surface area (Å²) in [5, 5.41) is 4.57. The minimum atomic E-state index is -0.217. The minimum Gasteiger partial charge on any atom is -0.480 e. The van der Waals surface area contributed by atoms with Crippen LogP contribution in [0, 0.1) is 0 Å². The van der Waals surface area contributed by atoms with Gasteiger partial charge in [-0.05, 0) is 13.0 Å². The molecule has 0 fully saturated rings. The molecule has 15 heavy (non-hydrogen) atoms. The number of ether oxygens (including phenoxy) is 1. The molecular weight excluding hydrogens is 216 g/mol. The van der Waals surface area contributed by atoms with Crippen LogP contribution < -0.4 is 10.5 Å². The van der Waals surface area contributed by atoms with Gasteiger partial charge in [-0.2, -0.15) is 4.52 Å². The molecule has 5 nitrogen and oxygen atoms in total. The highest BCUT2D eigenvalue weighted by Gasteiger charge is 2.14. The third-order valence-corrected chi connectivity index (χ3v) is 2.42. The SMILES string of the molecule is COc1ccc2nc(C(C)N)c(Cl)n2n1. The van der Waals surface area contributed by atoms with E-state index in [0.29, 0.717) is 22.4 Å². The van der Waals surface area contributed by atoms with Crippen LogP contribution in [-0.4, -0.2) is 21.7 Å². The molecule has 0 bridgehead atoms. The van der Waals surface area contributed by atoms with E-state index in [4.69, 9.17) is 22.1 Å². The Hall–Kier alpha value is -1.33. The molecule has 80 valence electrons. The van der Waals surface area contributed by atoms with Gasteiger partial charge in [0.25, 0.3) is 0 Å². The summed E-state index contributed by atoms with van der Waals surface area (Å²) in [4.78, 5) is 4.28. The second kappa shape index (κ2) is 3.67. The zero-order valence-corrected chi connectivity index (χ0v) is 9.19. The Balaban J connectivity index is 2.66. The van der Waals surface area contributed by atoms with Gasteiger partial charge in [0.15, 0.2) is 10.8 Å². The number of hydrogen-bond acceptors (Lipinski definition) is 4. The van der Waals surface area contributed by atoms with Crippen molar-refractivity contribution >= 4 is 17.2 Å². The maximum Gasteiger partial charge on any atom is 0.231 e. The van der Waals surface area contributed by atoms with Crippen molar-refractivity contribution in [1.82, 2.24) is 14.6 Å². The second-order valence-electron chi connectivity index (χ2n) is 3.22. The van der Waals surface area contributed by atoms with Crippen LogP contribution in [0.3, 0.4) is 0 Å². The first kappa shape index (κ1) is 10.2. The molecule has 2 rings (SSSR count). The van der Waals surface area contributed by atoms with Crippen molar-refractivity contribution in [2.75, 3.05) is 7.11 Å². The zero-order chi connectivity index (χ0) is 11.0. The number of imidazole rings is 1. The first-order valence-electron chi connectivity index (χ1n) is 4.48. The van der Waals surface area contributed by atoms with Gasteiger partial charge >= 0.3 is 0 Å². The molecule has 0 aliphatic heterocycles. The maximum absolute atomic E-state index is 6.08. The van der Waals surface area contributed by atoms with E-state index in [1.165, 1.54) is 4.52 Å². The molecule has 0 aliphatic carbocycles. The third kappa shape index (κ3) is 1.64. The summed E-state index contributed by atoms with van der Waals surface area (Å²) < 4.78 is 6.51. The lowest BCUT2D eigenvalue weighted by atomic mass is 10.3. The number of aromatic nitrogens is 3. The Morgan fingerprint density at radius 2 is 2.27 bits per heavy atom. The summed E-state index contributed by atoms with van der Waals surface area (Å²) in [6.45, 7) is 1.82. The fourth-order valence-corrected chi connectivity index (χ4v) is 1.64. The molecule has 0 saturated carbocycles. The van der Waals surface area contributed by atoms with Gasteiger partial charge in [-0.15, -0.1) is 5.10 Å².